The van der Waals surface area contributed by atoms with Crippen LogP contribution < -0.4 is 10.2 Å². The summed E-state index contributed by atoms with van der Waals surface area (Å²) in [5.74, 6) is -0.0870. The number of carbonyl (C=O) groups excluding carboxylic acids is 1. The van der Waals surface area contributed by atoms with Crippen molar-refractivity contribution in [3.05, 3.63) is 65.9 Å². The predicted octanol–water partition coefficient (Wildman–Crippen LogP) is 3.94. The molecule has 0 aliphatic carbocycles. The maximum Gasteiger partial charge on any atom is 0.255 e. The summed E-state index contributed by atoms with van der Waals surface area (Å²) in [6.45, 7) is 6.28. The quantitative estimate of drug-likeness (QED) is 0.754. The van der Waals surface area contributed by atoms with Gasteiger partial charge in [-0.05, 0) is 75.0 Å². The second kappa shape index (κ2) is 7.98. The number of nitrogens with one attached hydrogen (secondary N) is 1. The summed E-state index contributed by atoms with van der Waals surface area (Å²) >= 11 is 0. The average Bonchev–Trinajstić information content (AvgIpc) is 2.92. The summed E-state index contributed by atoms with van der Waals surface area (Å²) in [6, 6.07) is 15.8. The Bertz CT molecular complexity index is 996. The Morgan fingerprint density at radius 1 is 1.04 bits per heavy atom. The van der Waals surface area contributed by atoms with Gasteiger partial charge in [0.2, 0.25) is 0 Å². The number of nitrogens with zero attached hydrogens (tertiary/aromatic N) is 3. The molecule has 1 aliphatic rings. The Morgan fingerprint density at radius 3 is 2.79 bits per heavy atom. The summed E-state index contributed by atoms with van der Waals surface area (Å²) in [7, 11) is 2.17. The van der Waals surface area contributed by atoms with Crippen molar-refractivity contribution in [3.63, 3.8) is 0 Å². The molecule has 1 N–H and O–H groups in total. The molecule has 2 heterocycles. The van der Waals surface area contributed by atoms with Crippen LogP contribution in [0, 0.1) is 6.92 Å². The number of hydrogen-bond acceptors (Lipinski definition) is 4. The molecule has 1 aromatic heterocycles. The smallest absolute Gasteiger partial charge is 0.255 e. The number of fused-ring (bicyclic) bond motifs is 1. The van der Waals surface area contributed by atoms with Gasteiger partial charge in [-0.15, -0.1) is 0 Å². The number of anilines is 2. The van der Waals surface area contributed by atoms with E-state index in [2.05, 4.69) is 39.3 Å². The molecule has 0 spiro atoms. The molecular formula is C23H26N4O. The largest absolute Gasteiger partial charge is 0.370 e. The molecule has 5 nitrogen and oxygen atoms in total. The fraction of sp³-hybridized carbons (Fsp3) is 0.304. The number of aryl methyl sites for hydroxylation is 1. The lowest BCUT2D eigenvalue weighted by molar-refractivity contribution is 0.102. The minimum atomic E-state index is -0.0870. The molecular weight excluding hydrogens is 348 g/mol. The van der Waals surface area contributed by atoms with Gasteiger partial charge in [-0.2, -0.15) is 0 Å². The lowest BCUT2D eigenvalue weighted by atomic mass is 10.1. The lowest BCUT2D eigenvalue weighted by Gasteiger charge is -2.23. The third kappa shape index (κ3) is 3.85. The molecule has 1 fully saturated rings. The summed E-state index contributed by atoms with van der Waals surface area (Å²) in [5.41, 5.74) is 4.55. The van der Waals surface area contributed by atoms with Crippen LogP contribution >= 0.6 is 0 Å². The van der Waals surface area contributed by atoms with Gasteiger partial charge in [0, 0.05) is 42.5 Å². The zero-order valence-electron chi connectivity index (χ0n) is 16.5. The Balaban J connectivity index is 1.55. The van der Waals surface area contributed by atoms with Crippen LogP contribution in [0.5, 0.6) is 0 Å². The van der Waals surface area contributed by atoms with Crippen molar-refractivity contribution in [1.82, 2.24) is 9.88 Å². The van der Waals surface area contributed by atoms with E-state index in [0.717, 1.165) is 54.8 Å². The van der Waals surface area contributed by atoms with Gasteiger partial charge in [0.25, 0.3) is 5.91 Å². The van der Waals surface area contributed by atoms with E-state index in [0.29, 0.717) is 5.56 Å². The highest BCUT2D eigenvalue weighted by atomic mass is 16.1. The fourth-order valence-electron chi connectivity index (χ4n) is 3.81. The maximum atomic E-state index is 12.9. The van der Waals surface area contributed by atoms with Gasteiger partial charge in [-0.25, -0.2) is 0 Å². The molecule has 1 amide bonds. The highest BCUT2D eigenvalue weighted by Crippen LogP contribution is 2.24. The van der Waals surface area contributed by atoms with Crippen LogP contribution in [0.15, 0.2) is 54.7 Å². The Hall–Kier alpha value is -2.92. The van der Waals surface area contributed by atoms with Crippen molar-refractivity contribution in [2.24, 2.45) is 0 Å². The Morgan fingerprint density at radius 2 is 1.93 bits per heavy atom. The van der Waals surface area contributed by atoms with Crippen molar-refractivity contribution in [2.75, 3.05) is 43.4 Å². The fourth-order valence-corrected chi connectivity index (χ4v) is 3.81. The first-order valence-corrected chi connectivity index (χ1v) is 9.81. The van der Waals surface area contributed by atoms with E-state index < -0.39 is 0 Å². The molecule has 0 radical (unpaired) electrons. The SMILES string of the molecule is Cc1cc(N2CCCN(C)CC2)ccc1C(=O)Nc1cccc2ncccc12. The second-order valence-electron chi connectivity index (χ2n) is 7.47. The standard InChI is InChI=1S/C23H26N4O/c1-17-16-18(27-13-5-12-26(2)14-15-27)9-10-19(17)23(28)25-22-8-3-7-21-20(22)6-4-11-24-21/h3-4,6-11,16H,5,12-15H2,1-2H3,(H,25,28). The molecule has 0 unspecified atom stereocenters. The minimum Gasteiger partial charge on any atom is -0.370 e. The number of amides is 1. The van der Waals surface area contributed by atoms with Gasteiger partial charge in [0.05, 0.1) is 11.2 Å². The van der Waals surface area contributed by atoms with Crippen molar-refractivity contribution in [2.45, 2.75) is 13.3 Å². The van der Waals surface area contributed by atoms with Crippen molar-refractivity contribution < 1.29 is 4.79 Å². The molecule has 0 bridgehead atoms. The zero-order chi connectivity index (χ0) is 19.5. The van der Waals surface area contributed by atoms with Gasteiger partial charge in [0.1, 0.15) is 0 Å². The van der Waals surface area contributed by atoms with Gasteiger partial charge < -0.3 is 15.1 Å². The maximum absolute atomic E-state index is 12.9. The molecule has 0 atom stereocenters. The first-order valence-electron chi connectivity index (χ1n) is 9.81. The first kappa shape index (κ1) is 18.4. The van der Waals surface area contributed by atoms with Crippen LogP contribution in [0.4, 0.5) is 11.4 Å². The summed E-state index contributed by atoms with van der Waals surface area (Å²) < 4.78 is 0. The van der Waals surface area contributed by atoms with Crippen molar-refractivity contribution in [3.8, 4) is 0 Å². The number of pyridine rings is 1. The molecule has 2 aromatic carbocycles. The van der Waals surface area contributed by atoms with Gasteiger partial charge in [0.15, 0.2) is 0 Å². The topological polar surface area (TPSA) is 48.5 Å². The van der Waals surface area contributed by atoms with Gasteiger partial charge >= 0.3 is 0 Å². The van der Waals surface area contributed by atoms with E-state index >= 15 is 0 Å². The summed E-state index contributed by atoms with van der Waals surface area (Å²) in [5, 5.41) is 4.00. The molecule has 1 aliphatic heterocycles. The Labute approximate surface area is 166 Å². The van der Waals surface area contributed by atoms with Crippen LogP contribution in [0.3, 0.4) is 0 Å². The minimum absolute atomic E-state index is 0.0870. The summed E-state index contributed by atoms with van der Waals surface area (Å²) in [6.07, 6.45) is 2.92. The summed E-state index contributed by atoms with van der Waals surface area (Å²) in [4.78, 5) is 22.0. The van der Waals surface area contributed by atoms with Crippen LogP contribution in [-0.4, -0.2) is 49.0 Å². The van der Waals surface area contributed by atoms with E-state index in [1.165, 1.54) is 5.69 Å². The number of rotatable bonds is 3. The normalized spacial score (nSPS) is 15.4. The number of aromatic nitrogens is 1. The molecule has 3 aromatic rings. The lowest BCUT2D eigenvalue weighted by Crippen LogP contribution is -2.28. The van der Waals surface area contributed by atoms with E-state index in [4.69, 9.17) is 0 Å². The second-order valence-corrected chi connectivity index (χ2v) is 7.47. The van der Waals surface area contributed by atoms with Gasteiger partial charge in [-0.1, -0.05) is 6.07 Å². The predicted molar refractivity (Wildman–Crippen MR) is 115 cm³/mol. The number of carbonyl (C=O) groups is 1. The van der Waals surface area contributed by atoms with E-state index in [1.54, 1.807) is 6.20 Å². The Kier molecular flexibility index (Phi) is 5.26. The van der Waals surface area contributed by atoms with Crippen molar-refractivity contribution in [1.29, 1.82) is 0 Å². The third-order valence-corrected chi connectivity index (χ3v) is 5.43. The van der Waals surface area contributed by atoms with E-state index in [1.807, 2.05) is 43.3 Å². The van der Waals surface area contributed by atoms with Crippen LogP contribution in [0.2, 0.25) is 0 Å². The molecule has 4 rings (SSSR count). The number of benzene rings is 2. The monoisotopic (exact) mass is 374 g/mol. The molecule has 1 saturated heterocycles. The highest BCUT2D eigenvalue weighted by Gasteiger charge is 2.16. The molecule has 0 saturated carbocycles. The molecule has 144 valence electrons. The van der Waals surface area contributed by atoms with E-state index in [-0.39, 0.29) is 5.91 Å². The molecule has 28 heavy (non-hydrogen) atoms. The number of likely N-dealkylation sites (N-methyl/N-ethyl adjacent to an activating group) is 1. The average molecular weight is 374 g/mol. The van der Waals surface area contributed by atoms with Crippen LogP contribution in [0.25, 0.3) is 10.9 Å². The molecule has 5 heteroatoms. The van der Waals surface area contributed by atoms with Crippen molar-refractivity contribution >= 4 is 28.2 Å². The number of hydrogen-bond donors (Lipinski definition) is 1. The van der Waals surface area contributed by atoms with Crippen LogP contribution in [-0.2, 0) is 0 Å². The highest BCUT2D eigenvalue weighted by molar-refractivity contribution is 6.09. The zero-order valence-corrected chi connectivity index (χ0v) is 16.5. The van der Waals surface area contributed by atoms with Gasteiger partial charge in [-0.3, -0.25) is 9.78 Å². The van der Waals surface area contributed by atoms with E-state index in [9.17, 15) is 4.79 Å². The van der Waals surface area contributed by atoms with Crippen LogP contribution in [0.1, 0.15) is 22.3 Å². The third-order valence-electron chi connectivity index (χ3n) is 5.43. The first-order chi connectivity index (χ1) is 13.6.